The lowest BCUT2D eigenvalue weighted by molar-refractivity contribution is -0.143. The first-order valence-electron chi connectivity index (χ1n) is 7.89. The second-order valence-electron chi connectivity index (χ2n) is 5.38. The number of thiazole rings is 1. The van der Waals surface area contributed by atoms with Crippen molar-refractivity contribution in [2.24, 2.45) is 4.99 Å². The molecule has 1 heterocycles. The molecule has 0 aliphatic carbocycles. The minimum Gasteiger partial charge on any atom is -0.465 e. The molecule has 0 N–H and O–H groups in total. The average Bonchev–Trinajstić information content (AvgIpc) is 2.96. The molecule has 5 nitrogen and oxygen atoms in total. The molecule has 0 radical (unpaired) electrons. The van der Waals surface area contributed by atoms with Gasteiger partial charge < -0.3 is 9.30 Å². The first kappa shape index (κ1) is 20.1. The molecular weight excluding hydrogens is 475 g/mol. The minimum absolute atomic E-state index is 0.129. The lowest BCUT2D eigenvalue weighted by atomic mass is 10.2. The van der Waals surface area contributed by atoms with E-state index in [1.54, 1.807) is 41.8 Å². The molecule has 27 heavy (non-hydrogen) atoms. The van der Waals surface area contributed by atoms with Crippen molar-refractivity contribution in [2.75, 3.05) is 6.61 Å². The van der Waals surface area contributed by atoms with Crippen LogP contribution in [0.25, 0.3) is 10.2 Å². The maximum absolute atomic E-state index is 12.6. The Kier molecular flexibility index (Phi) is 6.37. The maximum Gasteiger partial charge on any atom is 0.326 e. The number of fused-ring (bicyclic) bond motifs is 1. The fourth-order valence-electron chi connectivity index (χ4n) is 2.45. The molecule has 0 aliphatic heterocycles. The molecule has 2 aromatic carbocycles. The van der Waals surface area contributed by atoms with Crippen molar-refractivity contribution in [1.82, 2.24) is 4.57 Å². The van der Waals surface area contributed by atoms with Gasteiger partial charge in [-0.15, -0.1) is 0 Å². The molecule has 140 valence electrons. The Morgan fingerprint density at radius 2 is 1.96 bits per heavy atom. The number of aromatic nitrogens is 1. The Bertz CT molecular complexity index is 1110. The fraction of sp³-hybridized carbons (Fsp3) is 0.167. The number of halogens is 3. The van der Waals surface area contributed by atoms with E-state index in [2.05, 4.69) is 20.9 Å². The highest BCUT2D eigenvalue weighted by atomic mass is 79.9. The van der Waals surface area contributed by atoms with E-state index in [0.29, 0.717) is 30.4 Å². The van der Waals surface area contributed by atoms with Gasteiger partial charge in [-0.25, -0.2) is 0 Å². The largest absolute Gasteiger partial charge is 0.465 e. The highest BCUT2D eigenvalue weighted by Crippen LogP contribution is 2.32. The number of hydrogen-bond acceptors (Lipinski definition) is 4. The van der Waals surface area contributed by atoms with Crippen molar-refractivity contribution in [3.8, 4) is 0 Å². The number of benzene rings is 2. The lowest BCUT2D eigenvalue weighted by Crippen LogP contribution is -2.23. The SMILES string of the molecule is CCOC(=O)Cn1c(=NC(=O)c2ccccc2Br)sc2ccc(Cl)c(Cl)c21. The van der Waals surface area contributed by atoms with Crippen molar-refractivity contribution >= 4 is 72.6 Å². The van der Waals surface area contributed by atoms with E-state index < -0.39 is 11.9 Å². The zero-order valence-electron chi connectivity index (χ0n) is 14.0. The van der Waals surface area contributed by atoms with Gasteiger partial charge >= 0.3 is 5.97 Å². The van der Waals surface area contributed by atoms with Crippen molar-refractivity contribution < 1.29 is 14.3 Å². The number of ether oxygens (including phenoxy) is 1. The molecule has 0 saturated carbocycles. The van der Waals surface area contributed by atoms with Gasteiger partial charge in [-0.1, -0.05) is 46.7 Å². The summed E-state index contributed by atoms with van der Waals surface area (Å²) in [6.45, 7) is 1.84. The molecule has 0 unspecified atom stereocenters. The Balaban J connectivity index is 2.19. The standard InChI is InChI=1S/C18H13BrCl2N2O3S/c1-2-26-14(24)9-23-16-13(8-7-12(20)15(16)21)27-18(23)22-17(25)10-5-3-4-6-11(10)19/h3-8H,2,9H2,1H3. The third kappa shape index (κ3) is 4.27. The fourth-order valence-corrected chi connectivity index (χ4v) is 4.42. The average molecular weight is 488 g/mol. The molecule has 0 fully saturated rings. The van der Waals surface area contributed by atoms with Crippen LogP contribution in [-0.4, -0.2) is 23.1 Å². The summed E-state index contributed by atoms with van der Waals surface area (Å²) in [6.07, 6.45) is 0. The van der Waals surface area contributed by atoms with E-state index in [-0.39, 0.29) is 13.2 Å². The molecule has 0 atom stereocenters. The molecular formula is C18H13BrCl2N2O3S. The molecule has 3 aromatic rings. The molecule has 0 saturated heterocycles. The Morgan fingerprint density at radius 3 is 2.67 bits per heavy atom. The van der Waals surface area contributed by atoms with Crippen LogP contribution in [-0.2, 0) is 16.1 Å². The van der Waals surface area contributed by atoms with E-state index in [1.807, 2.05) is 6.07 Å². The number of carbonyl (C=O) groups excluding carboxylic acids is 2. The first-order valence-corrected chi connectivity index (χ1v) is 10.3. The lowest BCUT2D eigenvalue weighted by Gasteiger charge is -2.07. The summed E-state index contributed by atoms with van der Waals surface area (Å²) in [7, 11) is 0. The van der Waals surface area contributed by atoms with E-state index in [0.717, 1.165) is 4.70 Å². The van der Waals surface area contributed by atoms with Crippen molar-refractivity contribution in [1.29, 1.82) is 0 Å². The van der Waals surface area contributed by atoms with E-state index >= 15 is 0 Å². The van der Waals surface area contributed by atoms with Crippen LogP contribution in [0.1, 0.15) is 17.3 Å². The summed E-state index contributed by atoms with van der Waals surface area (Å²) >= 11 is 17.1. The first-order chi connectivity index (χ1) is 12.9. The Hall–Kier alpha value is -1.67. The molecule has 9 heteroatoms. The second-order valence-corrected chi connectivity index (χ2v) is 8.03. The Labute approximate surface area is 177 Å². The summed E-state index contributed by atoms with van der Waals surface area (Å²) in [5, 5.41) is 0.646. The molecule has 0 bridgehead atoms. The predicted octanol–water partition coefficient (Wildman–Crippen LogP) is 5.08. The molecule has 1 amide bonds. The number of carbonyl (C=O) groups is 2. The number of rotatable bonds is 4. The number of hydrogen-bond donors (Lipinski definition) is 0. The van der Waals surface area contributed by atoms with Gasteiger partial charge in [-0.05, 0) is 47.1 Å². The zero-order valence-corrected chi connectivity index (χ0v) is 18.0. The van der Waals surface area contributed by atoms with Crippen molar-refractivity contribution in [3.63, 3.8) is 0 Å². The van der Waals surface area contributed by atoms with Crippen LogP contribution in [0.15, 0.2) is 45.9 Å². The summed E-state index contributed by atoms with van der Waals surface area (Å²) in [4.78, 5) is 29.3. The quantitative estimate of drug-likeness (QED) is 0.482. The van der Waals surface area contributed by atoms with Gasteiger partial charge in [-0.3, -0.25) is 9.59 Å². The smallest absolute Gasteiger partial charge is 0.326 e. The summed E-state index contributed by atoms with van der Waals surface area (Å²) < 4.78 is 7.98. The van der Waals surface area contributed by atoms with Crippen LogP contribution in [0.4, 0.5) is 0 Å². The van der Waals surface area contributed by atoms with Gasteiger partial charge in [0.1, 0.15) is 6.54 Å². The van der Waals surface area contributed by atoms with E-state index in [1.165, 1.54) is 11.3 Å². The number of nitrogens with zero attached hydrogens (tertiary/aromatic N) is 2. The van der Waals surface area contributed by atoms with Crippen LogP contribution in [0.5, 0.6) is 0 Å². The van der Waals surface area contributed by atoms with Crippen LogP contribution in [0.2, 0.25) is 10.0 Å². The predicted molar refractivity (Wildman–Crippen MR) is 111 cm³/mol. The maximum atomic E-state index is 12.6. The van der Waals surface area contributed by atoms with E-state index in [9.17, 15) is 9.59 Å². The normalized spacial score (nSPS) is 11.8. The third-order valence-electron chi connectivity index (χ3n) is 3.63. The van der Waals surface area contributed by atoms with Gasteiger partial charge in [0.2, 0.25) is 0 Å². The van der Waals surface area contributed by atoms with Crippen LogP contribution < -0.4 is 4.80 Å². The zero-order chi connectivity index (χ0) is 19.6. The summed E-state index contributed by atoms with van der Waals surface area (Å²) in [6, 6.07) is 10.4. The number of esters is 1. The third-order valence-corrected chi connectivity index (χ3v) is 6.16. The van der Waals surface area contributed by atoms with Gasteiger partial charge in [-0.2, -0.15) is 4.99 Å². The van der Waals surface area contributed by atoms with Gasteiger partial charge in [0.25, 0.3) is 5.91 Å². The Morgan fingerprint density at radius 1 is 1.22 bits per heavy atom. The minimum atomic E-state index is -0.456. The van der Waals surface area contributed by atoms with Gasteiger partial charge in [0.05, 0.1) is 32.4 Å². The molecule has 0 spiro atoms. The summed E-state index contributed by atoms with van der Waals surface area (Å²) in [5.41, 5.74) is 0.961. The topological polar surface area (TPSA) is 60.7 Å². The van der Waals surface area contributed by atoms with Crippen LogP contribution in [0, 0.1) is 0 Å². The highest BCUT2D eigenvalue weighted by Gasteiger charge is 2.17. The highest BCUT2D eigenvalue weighted by molar-refractivity contribution is 9.10. The summed E-state index contributed by atoms with van der Waals surface area (Å²) in [5.74, 6) is -0.892. The van der Waals surface area contributed by atoms with E-state index in [4.69, 9.17) is 27.9 Å². The second kappa shape index (κ2) is 8.56. The van der Waals surface area contributed by atoms with Gasteiger partial charge in [0, 0.05) is 4.47 Å². The number of amides is 1. The van der Waals surface area contributed by atoms with Gasteiger partial charge in [0.15, 0.2) is 4.80 Å². The molecule has 3 rings (SSSR count). The van der Waals surface area contributed by atoms with Crippen molar-refractivity contribution in [2.45, 2.75) is 13.5 Å². The van der Waals surface area contributed by atoms with Crippen LogP contribution in [0.3, 0.4) is 0 Å². The van der Waals surface area contributed by atoms with Crippen LogP contribution >= 0.6 is 50.5 Å². The van der Waals surface area contributed by atoms with Crippen molar-refractivity contribution in [3.05, 3.63) is 61.3 Å². The molecule has 0 aliphatic rings. The monoisotopic (exact) mass is 486 g/mol. The molecule has 1 aromatic heterocycles.